The molecule has 4 heteroatoms. The molecule has 3 nitrogen and oxygen atoms in total. The molecule has 0 heterocycles. The van der Waals surface area contributed by atoms with Crippen LogP contribution in [0.1, 0.15) is 19.4 Å². The van der Waals surface area contributed by atoms with Gasteiger partial charge in [-0.1, -0.05) is 29.8 Å². The lowest BCUT2D eigenvalue weighted by Gasteiger charge is -2.20. The van der Waals surface area contributed by atoms with E-state index in [1.165, 1.54) is 0 Å². The summed E-state index contributed by atoms with van der Waals surface area (Å²) < 4.78 is 6.33. The van der Waals surface area contributed by atoms with Crippen LogP contribution in [-0.2, 0) is 6.54 Å². The van der Waals surface area contributed by atoms with Crippen molar-refractivity contribution in [2.75, 3.05) is 13.7 Å². The Morgan fingerprint density at radius 3 is 2.65 bits per heavy atom. The minimum absolute atomic E-state index is 0.110. The zero-order chi connectivity index (χ0) is 12.8. The van der Waals surface area contributed by atoms with Gasteiger partial charge in [0.2, 0.25) is 0 Å². The number of hydrogen-bond donors (Lipinski definition) is 2. The van der Waals surface area contributed by atoms with Gasteiger partial charge in [-0.15, -0.1) is 0 Å². The number of aliphatic hydroxyl groups is 1. The SMILES string of the molecule is COc1ccc(Br)cc1CNC(CO)C(C)C. The van der Waals surface area contributed by atoms with Crippen LogP contribution in [0.15, 0.2) is 22.7 Å². The number of hydrogen-bond acceptors (Lipinski definition) is 3. The Balaban J connectivity index is 2.70. The van der Waals surface area contributed by atoms with Crippen molar-refractivity contribution in [2.24, 2.45) is 5.92 Å². The van der Waals surface area contributed by atoms with Gasteiger partial charge in [0.15, 0.2) is 0 Å². The van der Waals surface area contributed by atoms with Gasteiger partial charge in [-0.25, -0.2) is 0 Å². The third-order valence-electron chi connectivity index (χ3n) is 2.80. The Kier molecular flexibility index (Phi) is 5.95. The molecule has 0 spiro atoms. The standard InChI is InChI=1S/C13H20BrNO2/c1-9(2)12(8-16)15-7-10-6-11(14)4-5-13(10)17-3/h4-6,9,12,15-16H,7-8H2,1-3H3. The summed E-state index contributed by atoms with van der Waals surface area (Å²) in [5.74, 6) is 1.26. The second-order valence-electron chi connectivity index (χ2n) is 4.37. The van der Waals surface area contributed by atoms with E-state index in [0.29, 0.717) is 12.5 Å². The average Bonchev–Trinajstić information content (AvgIpc) is 2.29. The van der Waals surface area contributed by atoms with Gasteiger partial charge < -0.3 is 15.2 Å². The van der Waals surface area contributed by atoms with Crippen molar-refractivity contribution < 1.29 is 9.84 Å². The lowest BCUT2D eigenvalue weighted by molar-refractivity contribution is 0.209. The molecule has 17 heavy (non-hydrogen) atoms. The monoisotopic (exact) mass is 301 g/mol. The van der Waals surface area contributed by atoms with Gasteiger partial charge >= 0.3 is 0 Å². The van der Waals surface area contributed by atoms with E-state index in [9.17, 15) is 5.11 Å². The molecule has 0 saturated carbocycles. The summed E-state index contributed by atoms with van der Waals surface area (Å²) in [5, 5.41) is 12.6. The Bertz CT molecular complexity index is 355. The van der Waals surface area contributed by atoms with Gasteiger partial charge in [0.05, 0.1) is 13.7 Å². The lowest BCUT2D eigenvalue weighted by Crippen LogP contribution is -2.36. The molecule has 1 unspecified atom stereocenters. The fourth-order valence-corrected chi connectivity index (χ4v) is 2.05. The van der Waals surface area contributed by atoms with Crippen molar-refractivity contribution >= 4 is 15.9 Å². The average molecular weight is 302 g/mol. The van der Waals surface area contributed by atoms with Gasteiger partial charge in [0.25, 0.3) is 0 Å². The first-order valence-electron chi connectivity index (χ1n) is 5.75. The number of rotatable bonds is 6. The van der Waals surface area contributed by atoms with Gasteiger partial charge in [0.1, 0.15) is 5.75 Å². The molecule has 0 fully saturated rings. The lowest BCUT2D eigenvalue weighted by atomic mass is 10.0. The first kappa shape index (κ1) is 14.5. The molecule has 0 aliphatic carbocycles. The summed E-state index contributed by atoms with van der Waals surface area (Å²) in [6, 6.07) is 6.03. The third kappa shape index (κ3) is 4.30. The van der Waals surface area contributed by atoms with Crippen LogP contribution in [0, 0.1) is 5.92 Å². The summed E-state index contributed by atoms with van der Waals surface area (Å²) in [6.07, 6.45) is 0. The maximum atomic E-state index is 9.25. The van der Waals surface area contributed by atoms with Crippen LogP contribution in [0.2, 0.25) is 0 Å². The molecule has 96 valence electrons. The van der Waals surface area contributed by atoms with Crippen LogP contribution < -0.4 is 10.1 Å². The number of halogens is 1. The maximum Gasteiger partial charge on any atom is 0.123 e. The molecular formula is C13H20BrNO2. The molecule has 0 saturated heterocycles. The molecule has 2 N–H and O–H groups in total. The van der Waals surface area contributed by atoms with E-state index in [1.54, 1.807) is 7.11 Å². The van der Waals surface area contributed by atoms with Crippen molar-refractivity contribution in [3.63, 3.8) is 0 Å². The van der Waals surface area contributed by atoms with Crippen molar-refractivity contribution in [3.05, 3.63) is 28.2 Å². The highest BCUT2D eigenvalue weighted by atomic mass is 79.9. The van der Waals surface area contributed by atoms with E-state index < -0.39 is 0 Å². The molecule has 1 aromatic carbocycles. The van der Waals surface area contributed by atoms with E-state index in [0.717, 1.165) is 15.8 Å². The second-order valence-corrected chi connectivity index (χ2v) is 5.29. The van der Waals surface area contributed by atoms with E-state index >= 15 is 0 Å². The molecule has 0 amide bonds. The molecule has 0 aliphatic rings. The number of aliphatic hydroxyl groups excluding tert-OH is 1. The molecule has 0 bridgehead atoms. The van der Waals surface area contributed by atoms with Crippen LogP contribution in [-0.4, -0.2) is 24.9 Å². The summed E-state index contributed by atoms with van der Waals surface area (Å²) in [5.41, 5.74) is 1.08. The van der Waals surface area contributed by atoms with Crippen LogP contribution in [0.4, 0.5) is 0 Å². The zero-order valence-electron chi connectivity index (χ0n) is 10.5. The zero-order valence-corrected chi connectivity index (χ0v) is 12.1. The van der Waals surface area contributed by atoms with Crippen molar-refractivity contribution in [2.45, 2.75) is 26.4 Å². The molecule has 1 atom stereocenters. The van der Waals surface area contributed by atoms with Gasteiger partial charge in [-0.3, -0.25) is 0 Å². The van der Waals surface area contributed by atoms with Gasteiger partial charge in [-0.2, -0.15) is 0 Å². The molecule has 0 aromatic heterocycles. The number of benzene rings is 1. The van der Waals surface area contributed by atoms with E-state index in [4.69, 9.17) is 4.74 Å². The predicted molar refractivity (Wildman–Crippen MR) is 73.2 cm³/mol. The molecule has 1 aromatic rings. The highest BCUT2D eigenvalue weighted by Crippen LogP contribution is 2.23. The first-order valence-corrected chi connectivity index (χ1v) is 6.54. The summed E-state index contributed by atoms with van der Waals surface area (Å²) in [4.78, 5) is 0. The quantitative estimate of drug-likeness (QED) is 0.848. The summed E-state index contributed by atoms with van der Waals surface area (Å²) in [7, 11) is 1.67. The first-order chi connectivity index (χ1) is 8.08. The van der Waals surface area contributed by atoms with Gasteiger partial charge in [0, 0.05) is 22.6 Å². The smallest absolute Gasteiger partial charge is 0.123 e. The van der Waals surface area contributed by atoms with Crippen molar-refractivity contribution in [1.82, 2.24) is 5.32 Å². The van der Waals surface area contributed by atoms with Crippen LogP contribution in [0.25, 0.3) is 0 Å². The highest BCUT2D eigenvalue weighted by Gasteiger charge is 2.12. The van der Waals surface area contributed by atoms with Gasteiger partial charge in [-0.05, 0) is 24.1 Å². The van der Waals surface area contributed by atoms with E-state index in [2.05, 4.69) is 35.1 Å². The minimum Gasteiger partial charge on any atom is -0.496 e. The summed E-state index contributed by atoms with van der Waals surface area (Å²) in [6.45, 7) is 5.01. The molecule has 0 radical (unpaired) electrons. The highest BCUT2D eigenvalue weighted by molar-refractivity contribution is 9.10. The van der Waals surface area contributed by atoms with Crippen LogP contribution in [0.5, 0.6) is 5.75 Å². The fourth-order valence-electron chi connectivity index (χ4n) is 1.64. The minimum atomic E-state index is 0.110. The fraction of sp³-hybridized carbons (Fsp3) is 0.538. The largest absolute Gasteiger partial charge is 0.496 e. The topological polar surface area (TPSA) is 41.5 Å². The molecule has 0 aliphatic heterocycles. The number of methoxy groups -OCH3 is 1. The predicted octanol–water partition coefficient (Wildman–Crippen LogP) is 2.56. The number of nitrogens with one attached hydrogen (secondary N) is 1. The normalized spacial score (nSPS) is 12.8. The third-order valence-corrected chi connectivity index (χ3v) is 3.29. The Morgan fingerprint density at radius 2 is 2.12 bits per heavy atom. The Labute approximate surface area is 111 Å². The Hall–Kier alpha value is -0.580. The van der Waals surface area contributed by atoms with Crippen molar-refractivity contribution in [1.29, 1.82) is 0 Å². The van der Waals surface area contributed by atoms with Crippen LogP contribution >= 0.6 is 15.9 Å². The van der Waals surface area contributed by atoms with Crippen molar-refractivity contribution in [3.8, 4) is 5.75 Å². The van der Waals surface area contributed by atoms with E-state index in [-0.39, 0.29) is 12.6 Å². The molecule has 1 rings (SSSR count). The number of ether oxygens (including phenoxy) is 1. The molecular weight excluding hydrogens is 282 g/mol. The summed E-state index contributed by atoms with van der Waals surface area (Å²) >= 11 is 3.45. The van der Waals surface area contributed by atoms with E-state index in [1.807, 2.05) is 18.2 Å². The second kappa shape index (κ2) is 6.99. The van der Waals surface area contributed by atoms with Crippen LogP contribution in [0.3, 0.4) is 0 Å². The maximum absolute atomic E-state index is 9.25. The Morgan fingerprint density at radius 1 is 1.41 bits per heavy atom.